The fourth-order valence-corrected chi connectivity index (χ4v) is 1.99. The van der Waals surface area contributed by atoms with E-state index < -0.39 is 12.8 Å². The Kier molecular flexibility index (Phi) is 5.89. The minimum atomic E-state index is -4.36. The van der Waals surface area contributed by atoms with Gasteiger partial charge in [-0.2, -0.15) is 18.7 Å². The minimum Gasteiger partial charge on any atom is -0.493 e. The molecule has 108 valence electrons. The molecule has 0 bridgehead atoms. The highest BCUT2D eigenvalue weighted by molar-refractivity contribution is 9.10. The summed E-state index contributed by atoms with van der Waals surface area (Å²) in [4.78, 5) is 4.31. The van der Waals surface area contributed by atoms with Crippen LogP contribution >= 0.6 is 15.9 Å². The van der Waals surface area contributed by atoms with Gasteiger partial charge in [0, 0.05) is 6.54 Å². The molecule has 1 aromatic rings. The van der Waals surface area contributed by atoms with Crippen LogP contribution in [0.2, 0.25) is 0 Å². The first kappa shape index (κ1) is 16.1. The van der Waals surface area contributed by atoms with Gasteiger partial charge in [-0.1, -0.05) is 0 Å². The van der Waals surface area contributed by atoms with Gasteiger partial charge in [0.2, 0.25) is 0 Å². The Bertz CT molecular complexity index is 426. The van der Waals surface area contributed by atoms with Gasteiger partial charge >= 0.3 is 6.18 Å². The number of ether oxygens (including phenoxy) is 2. The Morgan fingerprint density at radius 3 is 2.42 bits per heavy atom. The molecule has 4 nitrogen and oxygen atoms in total. The summed E-state index contributed by atoms with van der Waals surface area (Å²) >= 11 is 3.29. The Hall–Kier alpha value is -0.990. The lowest BCUT2D eigenvalue weighted by Crippen LogP contribution is -2.24. The molecular formula is C11H13BrF3NO3. The molecular weight excluding hydrogens is 331 g/mol. The quantitative estimate of drug-likeness (QED) is 0.636. The normalized spacial score (nSPS) is 11.5. The van der Waals surface area contributed by atoms with Gasteiger partial charge in [0.05, 0.1) is 18.7 Å². The van der Waals surface area contributed by atoms with E-state index in [-0.39, 0.29) is 6.54 Å². The third-order valence-electron chi connectivity index (χ3n) is 2.11. The van der Waals surface area contributed by atoms with Crippen LogP contribution in [0.25, 0.3) is 0 Å². The standard InChI is InChI=1S/C11H13BrF3NO3/c1-17-9-4-7(3-8(12)10(9)18-2)5-16-19-6-11(13,14)15/h3-4,16H,5-6H2,1-2H3. The van der Waals surface area contributed by atoms with Crippen molar-refractivity contribution in [2.75, 3.05) is 20.8 Å². The lowest BCUT2D eigenvalue weighted by Gasteiger charge is -2.13. The summed E-state index contributed by atoms with van der Waals surface area (Å²) in [6.07, 6.45) is -4.36. The smallest absolute Gasteiger partial charge is 0.413 e. The van der Waals surface area contributed by atoms with Crippen molar-refractivity contribution in [3.05, 3.63) is 22.2 Å². The molecule has 0 saturated carbocycles. The van der Waals surface area contributed by atoms with Crippen LogP contribution in [0.1, 0.15) is 5.56 Å². The van der Waals surface area contributed by atoms with Crippen molar-refractivity contribution >= 4 is 15.9 Å². The van der Waals surface area contributed by atoms with E-state index in [1.807, 2.05) is 0 Å². The van der Waals surface area contributed by atoms with Gasteiger partial charge in [0.1, 0.15) is 0 Å². The van der Waals surface area contributed by atoms with Crippen LogP contribution < -0.4 is 15.0 Å². The van der Waals surface area contributed by atoms with E-state index in [1.54, 1.807) is 12.1 Å². The maximum absolute atomic E-state index is 11.9. The van der Waals surface area contributed by atoms with E-state index in [0.29, 0.717) is 21.5 Å². The second-order valence-electron chi connectivity index (χ2n) is 3.54. The number of rotatable bonds is 6. The van der Waals surface area contributed by atoms with Crippen LogP contribution in [-0.2, 0) is 11.4 Å². The fourth-order valence-electron chi connectivity index (χ4n) is 1.34. The van der Waals surface area contributed by atoms with E-state index in [4.69, 9.17) is 9.47 Å². The monoisotopic (exact) mass is 343 g/mol. The first-order valence-corrected chi connectivity index (χ1v) is 5.98. The van der Waals surface area contributed by atoms with E-state index in [9.17, 15) is 13.2 Å². The van der Waals surface area contributed by atoms with Gasteiger partial charge in [-0.3, -0.25) is 4.84 Å². The van der Waals surface area contributed by atoms with E-state index in [0.717, 1.165) is 0 Å². The third-order valence-corrected chi connectivity index (χ3v) is 2.70. The highest BCUT2D eigenvalue weighted by atomic mass is 79.9. The molecule has 0 fully saturated rings. The van der Waals surface area contributed by atoms with Crippen LogP contribution in [0.3, 0.4) is 0 Å². The molecule has 0 aliphatic heterocycles. The summed E-state index contributed by atoms with van der Waals surface area (Å²) in [5.41, 5.74) is 2.92. The zero-order valence-corrected chi connectivity index (χ0v) is 11.9. The van der Waals surface area contributed by atoms with Gasteiger partial charge in [-0.05, 0) is 33.6 Å². The Morgan fingerprint density at radius 2 is 1.89 bits per heavy atom. The summed E-state index contributed by atoms with van der Waals surface area (Å²) in [6.45, 7) is -1.24. The average molecular weight is 344 g/mol. The molecule has 1 aromatic carbocycles. The number of hydroxylamine groups is 1. The number of methoxy groups -OCH3 is 2. The Morgan fingerprint density at radius 1 is 1.21 bits per heavy atom. The van der Waals surface area contributed by atoms with Crippen LogP contribution in [0.5, 0.6) is 11.5 Å². The summed E-state index contributed by atoms with van der Waals surface area (Å²) in [7, 11) is 2.97. The summed E-state index contributed by atoms with van der Waals surface area (Å²) in [6, 6.07) is 3.35. The van der Waals surface area contributed by atoms with Crippen LogP contribution in [-0.4, -0.2) is 27.0 Å². The van der Waals surface area contributed by atoms with Crippen molar-refractivity contribution in [3.63, 3.8) is 0 Å². The third kappa shape index (κ3) is 5.25. The lowest BCUT2D eigenvalue weighted by molar-refractivity contribution is -0.190. The predicted octanol–water partition coefficient (Wildman–Crippen LogP) is 3.05. The highest BCUT2D eigenvalue weighted by Crippen LogP contribution is 2.36. The Balaban J connectivity index is 2.62. The molecule has 0 radical (unpaired) electrons. The fraction of sp³-hybridized carbons (Fsp3) is 0.455. The molecule has 0 spiro atoms. The molecule has 1 N–H and O–H groups in total. The zero-order valence-electron chi connectivity index (χ0n) is 10.3. The first-order valence-electron chi connectivity index (χ1n) is 5.19. The van der Waals surface area contributed by atoms with Crippen LogP contribution in [0.15, 0.2) is 16.6 Å². The lowest BCUT2D eigenvalue weighted by atomic mass is 10.2. The second-order valence-corrected chi connectivity index (χ2v) is 4.39. The largest absolute Gasteiger partial charge is 0.493 e. The van der Waals surface area contributed by atoms with Crippen molar-refractivity contribution in [2.45, 2.75) is 12.7 Å². The maximum atomic E-state index is 11.9. The van der Waals surface area contributed by atoms with Gasteiger partial charge in [-0.15, -0.1) is 0 Å². The number of halogens is 4. The molecule has 0 aliphatic rings. The number of alkyl halides is 3. The van der Waals surface area contributed by atoms with Crippen molar-refractivity contribution in [2.24, 2.45) is 0 Å². The second kappa shape index (κ2) is 6.97. The van der Waals surface area contributed by atoms with Crippen molar-refractivity contribution in [1.29, 1.82) is 0 Å². The molecule has 0 heterocycles. The topological polar surface area (TPSA) is 39.7 Å². The molecule has 0 amide bonds. The van der Waals surface area contributed by atoms with E-state index in [2.05, 4.69) is 26.2 Å². The maximum Gasteiger partial charge on any atom is 0.413 e. The molecule has 19 heavy (non-hydrogen) atoms. The van der Waals surface area contributed by atoms with Crippen LogP contribution in [0.4, 0.5) is 13.2 Å². The van der Waals surface area contributed by atoms with E-state index in [1.165, 1.54) is 14.2 Å². The molecule has 0 aromatic heterocycles. The van der Waals surface area contributed by atoms with Crippen LogP contribution in [0, 0.1) is 0 Å². The van der Waals surface area contributed by atoms with Gasteiger partial charge in [0.15, 0.2) is 18.1 Å². The zero-order chi connectivity index (χ0) is 14.5. The number of benzene rings is 1. The van der Waals surface area contributed by atoms with Crippen molar-refractivity contribution < 1.29 is 27.5 Å². The molecule has 0 saturated heterocycles. The summed E-state index contributed by atoms with van der Waals surface area (Å²) < 4.78 is 46.4. The van der Waals surface area contributed by atoms with Crippen molar-refractivity contribution in [1.82, 2.24) is 5.48 Å². The molecule has 0 aliphatic carbocycles. The predicted molar refractivity (Wildman–Crippen MR) is 66.1 cm³/mol. The molecule has 0 unspecified atom stereocenters. The first-order chi connectivity index (χ1) is 8.87. The van der Waals surface area contributed by atoms with Crippen molar-refractivity contribution in [3.8, 4) is 11.5 Å². The molecule has 1 rings (SSSR count). The van der Waals surface area contributed by atoms with Gasteiger partial charge in [0.25, 0.3) is 0 Å². The minimum absolute atomic E-state index is 0.106. The molecule has 8 heteroatoms. The Labute approximate surface area is 116 Å². The van der Waals surface area contributed by atoms with E-state index >= 15 is 0 Å². The number of nitrogens with one attached hydrogen (secondary N) is 1. The van der Waals surface area contributed by atoms with Gasteiger partial charge in [-0.25, -0.2) is 0 Å². The summed E-state index contributed by atoms with van der Waals surface area (Å²) in [5.74, 6) is 0.993. The number of hydrogen-bond acceptors (Lipinski definition) is 4. The SMILES string of the molecule is COc1cc(CNOCC(F)(F)F)cc(Br)c1OC. The molecule has 0 atom stereocenters. The number of hydrogen-bond donors (Lipinski definition) is 1. The summed E-state index contributed by atoms with van der Waals surface area (Å²) in [5, 5.41) is 0. The average Bonchev–Trinajstić information content (AvgIpc) is 2.32. The highest BCUT2D eigenvalue weighted by Gasteiger charge is 2.27. The van der Waals surface area contributed by atoms with Gasteiger partial charge < -0.3 is 9.47 Å².